The van der Waals surface area contributed by atoms with Crippen LogP contribution in [0.5, 0.6) is 0 Å². The van der Waals surface area contributed by atoms with Gasteiger partial charge in [-0.1, -0.05) is 29.8 Å². The van der Waals surface area contributed by atoms with E-state index in [2.05, 4.69) is 25.4 Å². The van der Waals surface area contributed by atoms with E-state index in [1.54, 1.807) is 30.1 Å². The molecule has 0 bridgehead atoms. The number of nitrogens with one attached hydrogen (secondary N) is 2. The van der Waals surface area contributed by atoms with Gasteiger partial charge in [0.2, 0.25) is 0 Å². The number of urea groups is 1. The van der Waals surface area contributed by atoms with Crippen molar-refractivity contribution in [2.45, 2.75) is 39.3 Å². The molecular formula is C24H27ClN6O2. The van der Waals surface area contributed by atoms with Gasteiger partial charge in [0.05, 0.1) is 12.6 Å². The minimum absolute atomic E-state index is 0.180. The van der Waals surface area contributed by atoms with Gasteiger partial charge in [0.15, 0.2) is 5.82 Å². The lowest BCUT2D eigenvalue weighted by Gasteiger charge is -2.25. The van der Waals surface area contributed by atoms with Gasteiger partial charge in [0.25, 0.3) is 5.91 Å². The minimum atomic E-state index is -0.214. The first-order valence-corrected chi connectivity index (χ1v) is 11.3. The van der Waals surface area contributed by atoms with Gasteiger partial charge in [-0.2, -0.15) is 0 Å². The van der Waals surface area contributed by atoms with Crippen LogP contribution >= 0.6 is 11.6 Å². The Bertz CT molecular complexity index is 1170. The van der Waals surface area contributed by atoms with Crippen LogP contribution in [0, 0.1) is 13.8 Å². The zero-order chi connectivity index (χ0) is 23.5. The van der Waals surface area contributed by atoms with Gasteiger partial charge in [-0.3, -0.25) is 4.79 Å². The fraction of sp³-hybridized carbons (Fsp3) is 0.333. The lowest BCUT2D eigenvalue weighted by atomic mass is 10.1. The predicted molar refractivity (Wildman–Crippen MR) is 128 cm³/mol. The maximum atomic E-state index is 13.3. The third-order valence-corrected chi connectivity index (χ3v) is 6.33. The highest BCUT2D eigenvalue weighted by Gasteiger charge is 2.34. The van der Waals surface area contributed by atoms with Crippen molar-refractivity contribution < 1.29 is 9.59 Å². The molecule has 1 aromatic heterocycles. The maximum Gasteiger partial charge on any atom is 0.322 e. The van der Waals surface area contributed by atoms with Crippen LogP contribution in [0.15, 0.2) is 42.5 Å². The number of carbonyl (C=O) groups excluding carboxylic acids is 2. The van der Waals surface area contributed by atoms with Crippen LogP contribution in [0.2, 0.25) is 5.02 Å². The van der Waals surface area contributed by atoms with Gasteiger partial charge >= 0.3 is 6.03 Å². The number of amides is 3. The van der Waals surface area contributed by atoms with Crippen molar-refractivity contribution in [3.8, 4) is 0 Å². The second-order valence-electron chi connectivity index (χ2n) is 8.16. The van der Waals surface area contributed by atoms with Crippen LogP contribution < -0.4 is 10.6 Å². The summed E-state index contributed by atoms with van der Waals surface area (Å²) in [7, 11) is 1.59. The molecule has 1 aliphatic heterocycles. The van der Waals surface area contributed by atoms with Crippen LogP contribution in [0.4, 0.5) is 10.5 Å². The Labute approximate surface area is 198 Å². The molecule has 9 heteroatoms. The molecule has 0 unspecified atom stereocenters. The van der Waals surface area contributed by atoms with Gasteiger partial charge in [-0.25, -0.2) is 4.79 Å². The molecule has 4 rings (SSSR count). The predicted octanol–water partition coefficient (Wildman–Crippen LogP) is 4.33. The van der Waals surface area contributed by atoms with Crippen LogP contribution in [-0.4, -0.2) is 45.2 Å². The summed E-state index contributed by atoms with van der Waals surface area (Å²) in [5.41, 5.74) is 2.96. The molecule has 2 N–H and O–H groups in total. The Morgan fingerprint density at radius 2 is 1.88 bits per heavy atom. The number of aromatic nitrogens is 3. The molecule has 3 aromatic rings. The number of likely N-dealkylation sites (tertiary alicyclic amines) is 1. The first-order chi connectivity index (χ1) is 15.9. The van der Waals surface area contributed by atoms with E-state index in [4.69, 9.17) is 11.6 Å². The third kappa shape index (κ3) is 4.71. The highest BCUT2D eigenvalue weighted by molar-refractivity contribution is 6.30. The lowest BCUT2D eigenvalue weighted by Crippen LogP contribution is -2.36. The van der Waals surface area contributed by atoms with Crippen molar-refractivity contribution in [2.75, 3.05) is 18.9 Å². The molecule has 1 aliphatic rings. The molecule has 1 saturated heterocycles. The Morgan fingerprint density at radius 3 is 2.61 bits per heavy atom. The molecule has 1 fully saturated rings. The maximum absolute atomic E-state index is 13.3. The van der Waals surface area contributed by atoms with E-state index in [0.29, 0.717) is 29.4 Å². The molecule has 0 spiro atoms. The summed E-state index contributed by atoms with van der Waals surface area (Å²) in [5, 5.41) is 15.0. The quantitative estimate of drug-likeness (QED) is 0.585. The van der Waals surface area contributed by atoms with E-state index in [9.17, 15) is 9.59 Å². The van der Waals surface area contributed by atoms with Crippen LogP contribution in [0.3, 0.4) is 0 Å². The van der Waals surface area contributed by atoms with Crippen molar-refractivity contribution in [1.29, 1.82) is 0 Å². The number of rotatable bonds is 5. The summed E-state index contributed by atoms with van der Waals surface area (Å²) in [5.74, 6) is 1.38. The van der Waals surface area contributed by atoms with Crippen molar-refractivity contribution in [2.24, 2.45) is 0 Å². The molecule has 172 valence electrons. The van der Waals surface area contributed by atoms with Crippen molar-refractivity contribution in [1.82, 2.24) is 25.0 Å². The fourth-order valence-corrected chi connectivity index (χ4v) is 4.35. The SMILES string of the molecule is CNC(=O)c1cccc(NC(=O)N2CCC[C@@H]2c2nnc(C)n2Cc2ccc(Cl)cc2)c1C. The van der Waals surface area contributed by atoms with Crippen LogP contribution in [0.25, 0.3) is 0 Å². The van der Waals surface area contributed by atoms with Gasteiger partial charge in [0, 0.05) is 29.9 Å². The van der Waals surface area contributed by atoms with Gasteiger partial charge in [0.1, 0.15) is 5.82 Å². The number of benzene rings is 2. The number of hydrogen-bond acceptors (Lipinski definition) is 4. The van der Waals surface area contributed by atoms with Gasteiger partial charge in [-0.05, 0) is 62.1 Å². The second kappa shape index (κ2) is 9.62. The molecule has 0 saturated carbocycles. The van der Waals surface area contributed by atoms with E-state index < -0.39 is 0 Å². The van der Waals surface area contributed by atoms with Crippen molar-refractivity contribution in [3.05, 3.63) is 75.8 Å². The van der Waals surface area contributed by atoms with Crippen molar-refractivity contribution in [3.63, 3.8) is 0 Å². The number of hydrogen-bond donors (Lipinski definition) is 2. The average Bonchev–Trinajstić information content (AvgIpc) is 3.43. The number of anilines is 1. The molecule has 3 amide bonds. The smallest absolute Gasteiger partial charge is 0.322 e. The zero-order valence-corrected chi connectivity index (χ0v) is 19.7. The van der Waals surface area contributed by atoms with E-state index in [0.717, 1.165) is 35.6 Å². The van der Waals surface area contributed by atoms with Gasteiger partial charge < -0.3 is 20.1 Å². The fourth-order valence-electron chi connectivity index (χ4n) is 4.23. The molecule has 0 aliphatic carbocycles. The number of carbonyl (C=O) groups is 2. The van der Waals surface area contributed by atoms with E-state index in [-0.39, 0.29) is 18.0 Å². The van der Waals surface area contributed by atoms with Crippen LogP contribution in [-0.2, 0) is 6.54 Å². The molecule has 8 nitrogen and oxygen atoms in total. The largest absolute Gasteiger partial charge is 0.355 e. The molecule has 2 heterocycles. The topological polar surface area (TPSA) is 92.2 Å². The monoisotopic (exact) mass is 466 g/mol. The first kappa shape index (κ1) is 22.8. The standard InChI is InChI=1S/C24H27ClN6O2/c1-15-19(23(32)26-3)6-4-7-20(15)27-24(33)30-13-5-8-21(30)22-29-28-16(2)31(22)14-17-9-11-18(25)12-10-17/h4,6-7,9-12,21H,5,8,13-14H2,1-3H3,(H,26,32)(H,27,33)/t21-/m1/s1. The molecule has 1 atom stereocenters. The van der Waals surface area contributed by atoms with Crippen LogP contribution in [0.1, 0.15) is 52.0 Å². The summed E-state index contributed by atoms with van der Waals surface area (Å²) in [6.07, 6.45) is 1.69. The van der Waals surface area contributed by atoms with E-state index >= 15 is 0 Å². The number of halogens is 1. The first-order valence-electron chi connectivity index (χ1n) is 10.9. The number of nitrogens with zero attached hydrogens (tertiary/aromatic N) is 4. The highest BCUT2D eigenvalue weighted by atomic mass is 35.5. The minimum Gasteiger partial charge on any atom is -0.355 e. The second-order valence-corrected chi connectivity index (χ2v) is 8.59. The molecule has 33 heavy (non-hydrogen) atoms. The Hall–Kier alpha value is -3.39. The summed E-state index contributed by atoms with van der Waals surface area (Å²) in [4.78, 5) is 27.2. The summed E-state index contributed by atoms with van der Waals surface area (Å²) >= 11 is 6.02. The van der Waals surface area contributed by atoms with E-state index in [1.807, 2.05) is 38.1 Å². The average molecular weight is 467 g/mol. The molecular weight excluding hydrogens is 440 g/mol. The Balaban J connectivity index is 1.56. The lowest BCUT2D eigenvalue weighted by molar-refractivity contribution is 0.0962. The summed E-state index contributed by atoms with van der Waals surface area (Å²) in [6.45, 7) is 4.97. The van der Waals surface area contributed by atoms with E-state index in [1.165, 1.54) is 0 Å². The Morgan fingerprint density at radius 1 is 1.12 bits per heavy atom. The zero-order valence-electron chi connectivity index (χ0n) is 18.9. The third-order valence-electron chi connectivity index (χ3n) is 6.08. The number of aryl methyl sites for hydroxylation is 1. The van der Waals surface area contributed by atoms with Gasteiger partial charge in [-0.15, -0.1) is 10.2 Å². The molecule has 2 aromatic carbocycles. The summed E-state index contributed by atoms with van der Waals surface area (Å²) in [6, 6.07) is 12.6. The highest BCUT2D eigenvalue weighted by Crippen LogP contribution is 2.32. The van der Waals surface area contributed by atoms with Crippen molar-refractivity contribution >= 4 is 29.2 Å². The summed E-state index contributed by atoms with van der Waals surface area (Å²) < 4.78 is 2.05. The Kier molecular flexibility index (Phi) is 6.65. The molecule has 0 radical (unpaired) electrons. The normalized spacial score (nSPS) is 15.5.